The Morgan fingerprint density at radius 3 is 2.38 bits per heavy atom. The average molecular weight is 669 g/mol. The summed E-state index contributed by atoms with van der Waals surface area (Å²) in [6, 6.07) is 0. The fourth-order valence-corrected chi connectivity index (χ4v) is 2.08. The van der Waals surface area contributed by atoms with E-state index in [0.717, 1.165) is 18.9 Å². The molecular formula is C10H17N4U2-. The fraction of sp³-hybridized carbons (Fsp3) is 0.700. The predicted molar refractivity (Wildman–Crippen MR) is 54.5 cm³/mol. The molecule has 16 heavy (non-hydrogen) atoms. The van der Waals surface area contributed by atoms with Crippen molar-refractivity contribution in [3.05, 3.63) is 18.7 Å². The molecule has 6 heteroatoms. The summed E-state index contributed by atoms with van der Waals surface area (Å²) in [7, 11) is 2.02. The van der Waals surface area contributed by atoms with Gasteiger partial charge in [0, 0.05) is 75.2 Å². The second kappa shape index (κ2) is 8.33. The van der Waals surface area contributed by atoms with Crippen molar-refractivity contribution in [2.45, 2.75) is 25.7 Å². The fourth-order valence-electron chi connectivity index (χ4n) is 2.08. The van der Waals surface area contributed by atoms with E-state index >= 15 is 0 Å². The Balaban J connectivity index is 0.00000112. The molecule has 4 nitrogen and oxygen atoms in total. The molecule has 0 N–H and O–H groups in total. The molecule has 0 unspecified atom stereocenters. The van der Waals surface area contributed by atoms with Gasteiger partial charge >= 0.3 is 0 Å². The molecule has 0 radical (unpaired) electrons. The number of aryl methyl sites for hydroxylation is 1. The maximum absolute atomic E-state index is 4.17. The van der Waals surface area contributed by atoms with Gasteiger partial charge in [0.2, 0.25) is 0 Å². The van der Waals surface area contributed by atoms with E-state index in [1.807, 2.05) is 11.6 Å². The molecule has 0 amide bonds. The summed E-state index contributed by atoms with van der Waals surface area (Å²) >= 11 is 0. The van der Waals surface area contributed by atoms with Crippen molar-refractivity contribution in [3.8, 4) is 0 Å². The average Bonchev–Trinajstić information content (AvgIpc) is 2.65. The molecule has 0 bridgehead atoms. The number of aromatic nitrogens is 3. The van der Waals surface area contributed by atoms with Crippen molar-refractivity contribution in [2.75, 3.05) is 13.1 Å². The number of hydrogen-bond acceptors (Lipinski definition) is 3. The number of likely N-dealkylation sites (tertiary alicyclic amines) is 1. The third kappa shape index (κ3) is 4.14. The zero-order valence-electron chi connectivity index (χ0n) is 9.85. The number of piperidine rings is 1. The van der Waals surface area contributed by atoms with Crippen molar-refractivity contribution in [1.29, 1.82) is 0 Å². The van der Waals surface area contributed by atoms with Gasteiger partial charge in [-0.1, -0.05) is 0 Å². The van der Waals surface area contributed by atoms with Crippen LogP contribution < -0.4 is 0 Å². The van der Waals surface area contributed by atoms with Gasteiger partial charge < -0.3 is 9.47 Å². The van der Waals surface area contributed by atoms with E-state index in [-0.39, 0.29) is 62.2 Å². The third-order valence-electron chi connectivity index (χ3n) is 3.01. The van der Waals surface area contributed by atoms with Crippen molar-refractivity contribution in [3.63, 3.8) is 0 Å². The minimum absolute atomic E-state index is 0. The van der Waals surface area contributed by atoms with Crippen LogP contribution in [0.15, 0.2) is 6.33 Å². The Morgan fingerprint density at radius 1 is 1.31 bits per heavy atom. The van der Waals surface area contributed by atoms with Crippen LogP contribution in [0.4, 0.5) is 0 Å². The van der Waals surface area contributed by atoms with E-state index in [9.17, 15) is 0 Å². The first kappa shape index (κ1) is 17.2. The second-order valence-corrected chi connectivity index (χ2v) is 3.87. The van der Waals surface area contributed by atoms with Gasteiger partial charge in [-0.3, -0.25) is 6.54 Å². The molecule has 1 aromatic rings. The van der Waals surface area contributed by atoms with Crippen LogP contribution in [0.25, 0.3) is 0 Å². The molecule has 0 spiro atoms. The maximum atomic E-state index is 4.17. The zero-order valence-corrected chi connectivity index (χ0v) is 18.2. The molecule has 1 saturated heterocycles. The Labute approximate surface area is 145 Å². The van der Waals surface area contributed by atoms with Gasteiger partial charge in [0.05, 0.1) is 0 Å². The van der Waals surface area contributed by atoms with E-state index in [1.54, 1.807) is 6.33 Å². The SMILES string of the molecule is C[CH-]N1CCC(c2nncn2C)CC1.[U].[U]. The van der Waals surface area contributed by atoms with E-state index < -0.39 is 0 Å². The summed E-state index contributed by atoms with van der Waals surface area (Å²) in [6.07, 6.45) is 4.17. The number of hydrogen-bond donors (Lipinski definition) is 0. The van der Waals surface area contributed by atoms with Crippen molar-refractivity contribution in [2.24, 2.45) is 7.05 Å². The van der Waals surface area contributed by atoms with Crippen LogP contribution >= 0.6 is 0 Å². The Kier molecular flexibility index (Phi) is 8.96. The van der Waals surface area contributed by atoms with Crippen LogP contribution in [0.5, 0.6) is 0 Å². The van der Waals surface area contributed by atoms with Crippen molar-refractivity contribution >= 4 is 0 Å². The molecule has 2 heterocycles. The maximum Gasteiger partial charge on any atom is 0.135 e. The zero-order chi connectivity index (χ0) is 9.97. The largest absolute Gasteiger partial charge is 0.457 e. The molecule has 1 aliphatic heterocycles. The smallest absolute Gasteiger partial charge is 0.135 e. The van der Waals surface area contributed by atoms with Crippen LogP contribution in [0.1, 0.15) is 31.5 Å². The third-order valence-corrected chi connectivity index (χ3v) is 3.01. The van der Waals surface area contributed by atoms with Crippen molar-refractivity contribution < 1.29 is 62.2 Å². The molecule has 0 saturated carbocycles. The molecule has 0 atom stereocenters. The van der Waals surface area contributed by atoms with Gasteiger partial charge in [0.15, 0.2) is 0 Å². The van der Waals surface area contributed by atoms with Gasteiger partial charge in [-0.05, 0) is 25.9 Å². The standard InChI is InChI=1S/C10H17N4.2U/c1-3-14-6-4-9(5-7-14)10-12-11-8-13(10)2;;/h3,8-9H,4-7H2,1-2H3;;/q-1;;. The Morgan fingerprint density at radius 2 is 1.94 bits per heavy atom. The molecular weight excluding hydrogens is 652 g/mol. The summed E-state index contributed by atoms with van der Waals surface area (Å²) in [4.78, 5) is 2.37. The second-order valence-electron chi connectivity index (χ2n) is 3.87. The molecule has 0 aliphatic carbocycles. The van der Waals surface area contributed by atoms with Gasteiger partial charge in [-0.25, -0.2) is 0 Å². The minimum atomic E-state index is 0. The first-order valence-electron chi connectivity index (χ1n) is 5.18. The van der Waals surface area contributed by atoms with Crippen LogP contribution in [0.3, 0.4) is 0 Å². The van der Waals surface area contributed by atoms with Gasteiger partial charge in [0.1, 0.15) is 12.2 Å². The summed E-state index contributed by atoms with van der Waals surface area (Å²) in [6.45, 7) is 6.57. The van der Waals surface area contributed by atoms with Crippen LogP contribution in [-0.4, -0.2) is 32.8 Å². The normalized spacial score (nSPS) is 17.6. The molecule has 1 aliphatic rings. The van der Waals surface area contributed by atoms with E-state index in [1.165, 1.54) is 12.8 Å². The van der Waals surface area contributed by atoms with Gasteiger partial charge in [0.25, 0.3) is 0 Å². The first-order valence-corrected chi connectivity index (χ1v) is 5.18. The molecule has 1 aromatic heterocycles. The summed E-state index contributed by atoms with van der Waals surface area (Å²) < 4.78 is 2.04. The minimum Gasteiger partial charge on any atom is -0.457 e. The quantitative estimate of drug-likeness (QED) is 0.445. The molecule has 0 aromatic carbocycles. The topological polar surface area (TPSA) is 34.0 Å². The number of nitrogens with zero attached hydrogens (tertiary/aromatic N) is 4. The van der Waals surface area contributed by atoms with Gasteiger partial charge in [-0.2, -0.15) is 6.92 Å². The Hall–Kier alpha value is 1.20. The summed E-state index contributed by atoms with van der Waals surface area (Å²) in [5.74, 6) is 1.74. The van der Waals surface area contributed by atoms with E-state index in [0.29, 0.717) is 5.92 Å². The monoisotopic (exact) mass is 669 g/mol. The van der Waals surface area contributed by atoms with E-state index in [2.05, 4.69) is 28.6 Å². The molecule has 86 valence electrons. The number of rotatable bonds is 2. The van der Waals surface area contributed by atoms with Crippen LogP contribution in [-0.2, 0) is 7.05 Å². The van der Waals surface area contributed by atoms with Crippen LogP contribution in [0.2, 0.25) is 0 Å². The molecule has 2 rings (SSSR count). The first-order chi connectivity index (χ1) is 6.81. The predicted octanol–water partition coefficient (Wildman–Crippen LogP) is 1.18. The Bertz CT molecular complexity index is 295. The van der Waals surface area contributed by atoms with Crippen LogP contribution in [0, 0.1) is 68.8 Å². The van der Waals surface area contributed by atoms with Crippen molar-refractivity contribution in [1.82, 2.24) is 19.7 Å². The molecule has 1 fully saturated rings. The summed E-state index contributed by atoms with van der Waals surface area (Å²) in [5, 5.41) is 8.10. The van der Waals surface area contributed by atoms with E-state index in [4.69, 9.17) is 0 Å². The van der Waals surface area contributed by atoms with Gasteiger partial charge in [-0.15, -0.1) is 10.2 Å². The summed E-state index contributed by atoms with van der Waals surface area (Å²) in [5.41, 5.74) is 0.